The molecule has 0 aliphatic carbocycles. The Kier molecular flexibility index (Phi) is 2.79. The number of halogens is 2. The van der Waals surface area contributed by atoms with Crippen molar-refractivity contribution in [2.24, 2.45) is 5.73 Å². The van der Waals surface area contributed by atoms with Gasteiger partial charge >= 0.3 is 0 Å². The lowest BCUT2D eigenvalue weighted by Crippen LogP contribution is -2.16. The third-order valence-corrected chi connectivity index (χ3v) is 1.68. The van der Waals surface area contributed by atoms with E-state index in [0.29, 0.717) is 0 Å². The molecule has 0 heterocycles. The zero-order valence-electron chi connectivity index (χ0n) is 6.67. The fraction of sp³-hybridized carbons (Fsp3) is 0.250. The minimum absolute atomic E-state index is 0.400. The van der Waals surface area contributed by atoms with E-state index in [0.717, 1.165) is 12.1 Å². The lowest BCUT2D eigenvalue weighted by atomic mass is 10.1. The van der Waals surface area contributed by atoms with Gasteiger partial charge in [-0.25, -0.2) is 8.78 Å². The second kappa shape index (κ2) is 3.68. The van der Waals surface area contributed by atoms with E-state index in [2.05, 4.69) is 0 Å². The quantitative estimate of drug-likeness (QED) is 0.640. The molecule has 0 saturated carbocycles. The highest BCUT2D eigenvalue weighted by Crippen LogP contribution is 2.28. The van der Waals surface area contributed by atoms with Gasteiger partial charge in [0.1, 0.15) is 5.82 Å². The van der Waals surface area contributed by atoms with Gasteiger partial charge in [0.2, 0.25) is 0 Å². The van der Waals surface area contributed by atoms with Crippen LogP contribution in [-0.2, 0) is 0 Å². The summed E-state index contributed by atoms with van der Waals surface area (Å²) in [4.78, 5) is 0. The molecule has 72 valence electrons. The molecule has 1 unspecified atom stereocenters. The van der Waals surface area contributed by atoms with Gasteiger partial charge in [-0.05, 0) is 12.1 Å². The Balaban J connectivity index is 3.25. The molecular weight excluding hydrogens is 180 g/mol. The summed E-state index contributed by atoms with van der Waals surface area (Å²) in [6, 6.07) is 0.522. The molecule has 4 N–H and O–H groups in total. The number of aliphatic hydroxyl groups is 1. The minimum Gasteiger partial charge on any atom is -0.505 e. The zero-order valence-corrected chi connectivity index (χ0v) is 6.67. The SMILES string of the molecule is NC(CO)c1c(F)ccc(F)c1O. The molecule has 0 bridgehead atoms. The average molecular weight is 189 g/mol. The van der Waals surface area contributed by atoms with Crippen molar-refractivity contribution in [1.29, 1.82) is 0 Å². The Bertz CT molecular complexity index is 317. The van der Waals surface area contributed by atoms with Crippen molar-refractivity contribution < 1.29 is 19.0 Å². The van der Waals surface area contributed by atoms with Crippen molar-refractivity contribution in [3.8, 4) is 5.75 Å². The summed E-state index contributed by atoms with van der Waals surface area (Å²) in [5.74, 6) is -2.64. The van der Waals surface area contributed by atoms with Gasteiger partial charge in [-0.3, -0.25) is 0 Å². The van der Waals surface area contributed by atoms with E-state index < -0.39 is 35.6 Å². The molecule has 0 saturated heterocycles. The van der Waals surface area contributed by atoms with Crippen LogP contribution in [0.5, 0.6) is 5.75 Å². The van der Waals surface area contributed by atoms with E-state index >= 15 is 0 Å². The minimum atomic E-state index is -1.12. The third-order valence-electron chi connectivity index (χ3n) is 1.68. The molecule has 0 aliphatic rings. The molecule has 13 heavy (non-hydrogen) atoms. The molecule has 3 nitrogen and oxygen atoms in total. The number of phenolic OH excluding ortho intramolecular Hbond substituents is 1. The highest BCUT2D eigenvalue weighted by atomic mass is 19.1. The van der Waals surface area contributed by atoms with Crippen LogP contribution < -0.4 is 5.73 Å². The maximum absolute atomic E-state index is 13.0. The molecule has 0 radical (unpaired) electrons. The standard InChI is InChI=1S/C8H9F2NO2/c9-4-1-2-5(10)8(13)7(4)6(11)3-12/h1-2,6,12-13H,3,11H2. The predicted molar refractivity (Wildman–Crippen MR) is 42.0 cm³/mol. The van der Waals surface area contributed by atoms with Gasteiger partial charge < -0.3 is 15.9 Å². The second-order valence-corrected chi connectivity index (χ2v) is 2.58. The van der Waals surface area contributed by atoms with Crippen molar-refractivity contribution in [3.63, 3.8) is 0 Å². The van der Waals surface area contributed by atoms with Crippen LogP contribution in [0.4, 0.5) is 8.78 Å². The largest absolute Gasteiger partial charge is 0.505 e. The average Bonchev–Trinajstić information content (AvgIpc) is 2.12. The Morgan fingerprint density at radius 2 is 1.85 bits per heavy atom. The number of benzene rings is 1. The molecule has 0 fully saturated rings. The Labute approximate surface area is 73.4 Å². The smallest absolute Gasteiger partial charge is 0.165 e. The predicted octanol–water partition coefficient (Wildman–Crippen LogP) is 0.663. The van der Waals surface area contributed by atoms with E-state index in [1.807, 2.05) is 0 Å². The first-order valence-electron chi connectivity index (χ1n) is 3.61. The summed E-state index contributed by atoms with van der Waals surface area (Å²) >= 11 is 0. The van der Waals surface area contributed by atoms with Gasteiger partial charge in [0, 0.05) is 0 Å². The first-order chi connectivity index (χ1) is 6.07. The van der Waals surface area contributed by atoms with Crippen LogP contribution in [0.25, 0.3) is 0 Å². The van der Waals surface area contributed by atoms with Gasteiger partial charge in [-0.1, -0.05) is 0 Å². The molecule has 1 aromatic carbocycles. The number of hydrogen-bond donors (Lipinski definition) is 3. The first kappa shape index (κ1) is 9.88. The molecule has 1 rings (SSSR count). The molecule has 0 aliphatic heterocycles. The van der Waals surface area contributed by atoms with Crippen molar-refractivity contribution in [2.45, 2.75) is 6.04 Å². The Morgan fingerprint density at radius 3 is 2.38 bits per heavy atom. The van der Waals surface area contributed by atoms with Crippen LogP contribution in [0.15, 0.2) is 12.1 Å². The Morgan fingerprint density at radius 1 is 1.31 bits per heavy atom. The molecule has 1 atom stereocenters. The fourth-order valence-corrected chi connectivity index (χ4v) is 1.00. The Hall–Kier alpha value is -1.20. The number of hydrogen-bond acceptors (Lipinski definition) is 3. The molecule has 5 heteroatoms. The highest BCUT2D eigenvalue weighted by molar-refractivity contribution is 5.37. The van der Waals surface area contributed by atoms with Crippen LogP contribution >= 0.6 is 0 Å². The monoisotopic (exact) mass is 189 g/mol. The summed E-state index contributed by atoms with van der Waals surface area (Å²) < 4.78 is 25.7. The van der Waals surface area contributed by atoms with Gasteiger partial charge in [-0.2, -0.15) is 0 Å². The summed E-state index contributed by atoms with van der Waals surface area (Å²) in [5, 5.41) is 17.7. The van der Waals surface area contributed by atoms with E-state index in [9.17, 15) is 8.78 Å². The topological polar surface area (TPSA) is 66.5 Å². The van der Waals surface area contributed by atoms with Crippen molar-refractivity contribution in [1.82, 2.24) is 0 Å². The summed E-state index contributed by atoms with van der Waals surface area (Å²) in [7, 11) is 0. The van der Waals surface area contributed by atoms with Crippen molar-refractivity contribution in [2.75, 3.05) is 6.61 Å². The molecule has 0 spiro atoms. The van der Waals surface area contributed by atoms with Crippen LogP contribution in [0, 0.1) is 11.6 Å². The first-order valence-corrected chi connectivity index (χ1v) is 3.61. The maximum Gasteiger partial charge on any atom is 0.165 e. The van der Waals surface area contributed by atoms with Gasteiger partial charge in [0.05, 0.1) is 18.2 Å². The normalized spacial score (nSPS) is 12.9. The van der Waals surface area contributed by atoms with E-state index in [-0.39, 0.29) is 0 Å². The fourth-order valence-electron chi connectivity index (χ4n) is 1.00. The molecular formula is C8H9F2NO2. The van der Waals surface area contributed by atoms with E-state index in [1.54, 1.807) is 0 Å². The van der Waals surface area contributed by atoms with Gasteiger partial charge in [-0.15, -0.1) is 0 Å². The van der Waals surface area contributed by atoms with Crippen LogP contribution in [-0.4, -0.2) is 16.8 Å². The van der Waals surface area contributed by atoms with Crippen LogP contribution in [0.3, 0.4) is 0 Å². The van der Waals surface area contributed by atoms with E-state index in [1.165, 1.54) is 0 Å². The second-order valence-electron chi connectivity index (χ2n) is 2.58. The van der Waals surface area contributed by atoms with Crippen LogP contribution in [0.1, 0.15) is 11.6 Å². The number of aliphatic hydroxyl groups excluding tert-OH is 1. The highest BCUT2D eigenvalue weighted by Gasteiger charge is 2.18. The lowest BCUT2D eigenvalue weighted by molar-refractivity contribution is 0.261. The van der Waals surface area contributed by atoms with Crippen molar-refractivity contribution >= 4 is 0 Å². The summed E-state index contributed by atoms with van der Waals surface area (Å²) in [6.07, 6.45) is 0. The zero-order chi connectivity index (χ0) is 10.0. The number of phenols is 1. The third kappa shape index (κ3) is 1.76. The van der Waals surface area contributed by atoms with Gasteiger partial charge in [0.25, 0.3) is 0 Å². The summed E-state index contributed by atoms with van der Waals surface area (Å²) in [5.41, 5.74) is 4.85. The number of nitrogens with two attached hydrogens (primary N) is 1. The maximum atomic E-state index is 13.0. The van der Waals surface area contributed by atoms with Crippen LogP contribution in [0.2, 0.25) is 0 Å². The number of rotatable bonds is 2. The molecule has 0 aromatic heterocycles. The van der Waals surface area contributed by atoms with Crippen molar-refractivity contribution in [3.05, 3.63) is 29.3 Å². The molecule has 0 amide bonds. The lowest BCUT2D eigenvalue weighted by Gasteiger charge is -2.11. The van der Waals surface area contributed by atoms with Gasteiger partial charge in [0.15, 0.2) is 11.6 Å². The number of aromatic hydroxyl groups is 1. The summed E-state index contributed by atoms with van der Waals surface area (Å²) in [6.45, 7) is -0.562. The molecule has 1 aromatic rings. The van der Waals surface area contributed by atoms with E-state index in [4.69, 9.17) is 15.9 Å².